The molecule has 102 valence electrons. The SMILES string of the molecule is CCOC(=O)C[C@H]1CCCN1C(=O)c1ccccc1. The third-order valence-corrected chi connectivity index (χ3v) is 3.37. The van der Waals surface area contributed by atoms with Crippen LogP contribution in [0.2, 0.25) is 0 Å². The Labute approximate surface area is 113 Å². The summed E-state index contributed by atoms with van der Waals surface area (Å²) in [5.41, 5.74) is 0.679. The monoisotopic (exact) mass is 261 g/mol. The predicted octanol–water partition coefficient (Wildman–Crippen LogP) is 2.24. The van der Waals surface area contributed by atoms with Gasteiger partial charge in [0.05, 0.1) is 13.0 Å². The first-order chi connectivity index (χ1) is 9.22. The van der Waals surface area contributed by atoms with Gasteiger partial charge in [-0.1, -0.05) is 18.2 Å². The van der Waals surface area contributed by atoms with E-state index in [1.807, 2.05) is 30.3 Å². The van der Waals surface area contributed by atoms with Crippen molar-refractivity contribution in [1.82, 2.24) is 4.90 Å². The minimum Gasteiger partial charge on any atom is -0.466 e. The number of ether oxygens (including phenoxy) is 1. The van der Waals surface area contributed by atoms with Crippen molar-refractivity contribution in [2.75, 3.05) is 13.2 Å². The summed E-state index contributed by atoms with van der Waals surface area (Å²) in [6, 6.07) is 9.18. The molecule has 0 aromatic heterocycles. The van der Waals surface area contributed by atoms with Crippen LogP contribution in [0.1, 0.15) is 36.5 Å². The molecule has 4 nitrogen and oxygen atoms in total. The summed E-state index contributed by atoms with van der Waals surface area (Å²) in [5, 5.41) is 0. The van der Waals surface area contributed by atoms with E-state index in [1.165, 1.54) is 0 Å². The van der Waals surface area contributed by atoms with Gasteiger partial charge in [0.25, 0.3) is 5.91 Å². The molecule has 0 spiro atoms. The van der Waals surface area contributed by atoms with E-state index < -0.39 is 0 Å². The standard InChI is InChI=1S/C15H19NO3/c1-2-19-14(17)11-13-9-6-10-16(13)15(18)12-7-4-3-5-8-12/h3-5,7-8,13H,2,6,9-11H2,1H3/t13-/m1/s1. The first-order valence-corrected chi connectivity index (χ1v) is 6.74. The fraction of sp³-hybridized carbons (Fsp3) is 0.467. The molecule has 4 heteroatoms. The second kappa shape index (κ2) is 6.36. The molecular weight excluding hydrogens is 242 g/mol. The Morgan fingerprint density at radius 1 is 1.32 bits per heavy atom. The van der Waals surface area contributed by atoms with Crippen molar-refractivity contribution in [3.05, 3.63) is 35.9 Å². The van der Waals surface area contributed by atoms with Gasteiger partial charge in [0.2, 0.25) is 0 Å². The van der Waals surface area contributed by atoms with Crippen LogP contribution in [0.25, 0.3) is 0 Å². The van der Waals surface area contributed by atoms with Gasteiger partial charge in [-0.25, -0.2) is 0 Å². The number of likely N-dealkylation sites (tertiary alicyclic amines) is 1. The summed E-state index contributed by atoms with van der Waals surface area (Å²) >= 11 is 0. The molecule has 1 aromatic carbocycles. The van der Waals surface area contributed by atoms with Crippen LogP contribution in [0.5, 0.6) is 0 Å². The summed E-state index contributed by atoms with van der Waals surface area (Å²) in [6.07, 6.45) is 2.12. The Hall–Kier alpha value is -1.84. The van der Waals surface area contributed by atoms with Crippen LogP contribution in [0.15, 0.2) is 30.3 Å². The maximum Gasteiger partial charge on any atom is 0.307 e. The number of esters is 1. The zero-order valence-corrected chi connectivity index (χ0v) is 11.2. The van der Waals surface area contributed by atoms with Crippen LogP contribution in [0, 0.1) is 0 Å². The molecule has 0 bridgehead atoms. The van der Waals surface area contributed by atoms with E-state index in [1.54, 1.807) is 11.8 Å². The molecule has 1 amide bonds. The largest absolute Gasteiger partial charge is 0.466 e. The molecule has 0 radical (unpaired) electrons. The number of amides is 1. The van der Waals surface area contributed by atoms with Crippen molar-refractivity contribution < 1.29 is 14.3 Å². The minimum absolute atomic E-state index is 0.00685. The molecule has 1 heterocycles. The average Bonchev–Trinajstić information content (AvgIpc) is 2.87. The van der Waals surface area contributed by atoms with Crippen molar-refractivity contribution in [2.45, 2.75) is 32.2 Å². The molecule has 1 aliphatic rings. The number of nitrogens with zero attached hydrogens (tertiary/aromatic N) is 1. The Kier molecular flexibility index (Phi) is 4.55. The highest BCUT2D eigenvalue weighted by molar-refractivity contribution is 5.94. The van der Waals surface area contributed by atoms with E-state index in [0.29, 0.717) is 18.6 Å². The van der Waals surface area contributed by atoms with Crippen molar-refractivity contribution in [3.63, 3.8) is 0 Å². The summed E-state index contributed by atoms with van der Waals surface area (Å²) in [5.74, 6) is -0.215. The molecular formula is C15H19NO3. The van der Waals surface area contributed by atoms with Gasteiger partial charge in [0.1, 0.15) is 0 Å². The number of benzene rings is 1. The Bertz CT molecular complexity index is 444. The van der Waals surface area contributed by atoms with Gasteiger partial charge < -0.3 is 9.64 Å². The van der Waals surface area contributed by atoms with Crippen LogP contribution in [-0.4, -0.2) is 36.0 Å². The molecule has 0 saturated carbocycles. The smallest absolute Gasteiger partial charge is 0.307 e. The number of rotatable bonds is 4. The summed E-state index contributed by atoms with van der Waals surface area (Å²) < 4.78 is 4.96. The van der Waals surface area contributed by atoms with E-state index in [2.05, 4.69) is 0 Å². The summed E-state index contributed by atoms with van der Waals surface area (Å²) in [6.45, 7) is 2.90. The third kappa shape index (κ3) is 3.34. The van der Waals surface area contributed by atoms with Crippen molar-refractivity contribution in [1.29, 1.82) is 0 Å². The highest BCUT2D eigenvalue weighted by Gasteiger charge is 2.31. The zero-order valence-electron chi connectivity index (χ0n) is 11.2. The molecule has 2 rings (SSSR count). The van der Waals surface area contributed by atoms with Gasteiger partial charge in [-0.3, -0.25) is 9.59 Å². The second-order valence-electron chi connectivity index (χ2n) is 4.67. The third-order valence-electron chi connectivity index (χ3n) is 3.37. The first kappa shape index (κ1) is 13.6. The lowest BCUT2D eigenvalue weighted by molar-refractivity contribution is -0.144. The van der Waals surface area contributed by atoms with Crippen LogP contribution in [-0.2, 0) is 9.53 Å². The quantitative estimate of drug-likeness (QED) is 0.781. The molecule has 1 aliphatic heterocycles. The summed E-state index contributed by atoms with van der Waals surface area (Å²) in [7, 11) is 0. The Morgan fingerprint density at radius 2 is 2.05 bits per heavy atom. The molecule has 1 saturated heterocycles. The first-order valence-electron chi connectivity index (χ1n) is 6.74. The Balaban J connectivity index is 2.02. The lowest BCUT2D eigenvalue weighted by Crippen LogP contribution is -2.37. The number of hydrogen-bond acceptors (Lipinski definition) is 3. The number of hydrogen-bond donors (Lipinski definition) is 0. The number of carbonyl (C=O) groups is 2. The van der Waals surface area contributed by atoms with Crippen LogP contribution in [0.3, 0.4) is 0 Å². The minimum atomic E-state index is -0.222. The molecule has 0 N–H and O–H groups in total. The topological polar surface area (TPSA) is 46.6 Å². The highest BCUT2D eigenvalue weighted by Crippen LogP contribution is 2.22. The Morgan fingerprint density at radius 3 is 2.74 bits per heavy atom. The van der Waals surface area contributed by atoms with E-state index in [0.717, 1.165) is 19.4 Å². The molecule has 1 aromatic rings. The highest BCUT2D eigenvalue weighted by atomic mass is 16.5. The van der Waals surface area contributed by atoms with Gasteiger partial charge in [-0.15, -0.1) is 0 Å². The van der Waals surface area contributed by atoms with Gasteiger partial charge in [-0.05, 0) is 31.9 Å². The zero-order chi connectivity index (χ0) is 13.7. The predicted molar refractivity (Wildman–Crippen MR) is 71.8 cm³/mol. The van der Waals surface area contributed by atoms with Crippen LogP contribution >= 0.6 is 0 Å². The normalized spacial score (nSPS) is 18.4. The maximum absolute atomic E-state index is 12.4. The fourth-order valence-electron chi connectivity index (χ4n) is 2.47. The second-order valence-corrected chi connectivity index (χ2v) is 4.67. The van der Waals surface area contributed by atoms with Crippen LogP contribution in [0.4, 0.5) is 0 Å². The van der Waals surface area contributed by atoms with E-state index >= 15 is 0 Å². The van der Waals surface area contributed by atoms with Crippen molar-refractivity contribution >= 4 is 11.9 Å². The lowest BCUT2D eigenvalue weighted by Gasteiger charge is -2.24. The van der Waals surface area contributed by atoms with Crippen molar-refractivity contribution in [3.8, 4) is 0 Å². The lowest BCUT2D eigenvalue weighted by atomic mass is 10.1. The number of carbonyl (C=O) groups excluding carboxylic acids is 2. The van der Waals surface area contributed by atoms with E-state index in [4.69, 9.17) is 4.74 Å². The average molecular weight is 261 g/mol. The van der Waals surface area contributed by atoms with E-state index in [-0.39, 0.29) is 17.9 Å². The molecule has 19 heavy (non-hydrogen) atoms. The molecule has 0 aliphatic carbocycles. The molecule has 1 atom stereocenters. The molecule has 1 fully saturated rings. The maximum atomic E-state index is 12.4. The van der Waals surface area contributed by atoms with Gasteiger partial charge in [0, 0.05) is 18.2 Å². The van der Waals surface area contributed by atoms with Crippen LogP contribution < -0.4 is 0 Å². The van der Waals surface area contributed by atoms with Gasteiger partial charge >= 0.3 is 5.97 Å². The van der Waals surface area contributed by atoms with Gasteiger partial charge in [-0.2, -0.15) is 0 Å². The fourth-order valence-corrected chi connectivity index (χ4v) is 2.47. The molecule has 0 unspecified atom stereocenters. The van der Waals surface area contributed by atoms with E-state index in [9.17, 15) is 9.59 Å². The van der Waals surface area contributed by atoms with Gasteiger partial charge in [0.15, 0.2) is 0 Å². The van der Waals surface area contributed by atoms with Crippen molar-refractivity contribution in [2.24, 2.45) is 0 Å². The summed E-state index contributed by atoms with van der Waals surface area (Å²) in [4.78, 5) is 25.7.